The van der Waals surface area contributed by atoms with Gasteiger partial charge in [-0.25, -0.2) is 4.98 Å². The molecule has 8 heteroatoms. The summed E-state index contributed by atoms with van der Waals surface area (Å²) in [5.74, 6) is 0.354. The van der Waals surface area contributed by atoms with Crippen molar-refractivity contribution in [2.45, 2.75) is 0 Å². The van der Waals surface area contributed by atoms with Crippen molar-refractivity contribution in [2.24, 2.45) is 5.73 Å². The highest BCUT2D eigenvalue weighted by Crippen LogP contribution is 2.21. The van der Waals surface area contributed by atoms with Crippen molar-refractivity contribution < 1.29 is 19.1 Å². The summed E-state index contributed by atoms with van der Waals surface area (Å²) < 4.78 is 10.5. The van der Waals surface area contributed by atoms with Crippen LogP contribution in [0.4, 0.5) is 11.5 Å². The maximum Gasteiger partial charge on any atom is 0.259 e. The second-order valence-corrected chi connectivity index (χ2v) is 5.71. The normalized spacial score (nSPS) is 13.9. The van der Waals surface area contributed by atoms with Gasteiger partial charge in [0.25, 0.3) is 11.8 Å². The molecule has 3 rings (SSSR count). The van der Waals surface area contributed by atoms with Gasteiger partial charge in [-0.2, -0.15) is 0 Å². The molecule has 2 heterocycles. The number of nitrogens with one attached hydrogen (secondary N) is 1. The number of carbonyl (C=O) groups is 2. The van der Waals surface area contributed by atoms with Crippen LogP contribution in [-0.2, 0) is 9.53 Å². The van der Waals surface area contributed by atoms with E-state index in [0.717, 1.165) is 0 Å². The quantitative estimate of drug-likeness (QED) is 0.801. The van der Waals surface area contributed by atoms with Gasteiger partial charge in [-0.1, -0.05) is 0 Å². The lowest BCUT2D eigenvalue weighted by molar-refractivity contribution is -0.119. The molecule has 8 nitrogen and oxygen atoms in total. The fraction of sp³-hybridized carbons (Fsp3) is 0.278. The third-order valence-corrected chi connectivity index (χ3v) is 3.84. The fourth-order valence-electron chi connectivity index (χ4n) is 2.59. The van der Waals surface area contributed by atoms with Gasteiger partial charge in [0.1, 0.15) is 11.6 Å². The maximum atomic E-state index is 12.7. The SMILES string of the molecule is NC(=O)COc1ccc(NC(=O)c2cccnc2N2CCOCC2)cc1. The Morgan fingerprint density at radius 2 is 1.92 bits per heavy atom. The Bertz CT molecular complexity index is 773. The van der Waals surface area contributed by atoms with Crippen LogP contribution >= 0.6 is 0 Å². The topological polar surface area (TPSA) is 107 Å². The monoisotopic (exact) mass is 356 g/mol. The molecule has 0 saturated carbocycles. The van der Waals surface area contributed by atoms with Crippen LogP contribution in [-0.4, -0.2) is 49.7 Å². The summed E-state index contributed by atoms with van der Waals surface area (Å²) in [4.78, 5) is 29.8. The first-order chi connectivity index (χ1) is 12.6. The molecule has 0 atom stereocenters. The molecule has 2 aromatic rings. The minimum atomic E-state index is -0.547. The number of nitrogens with zero attached hydrogens (tertiary/aromatic N) is 2. The van der Waals surface area contributed by atoms with Crippen molar-refractivity contribution >= 4 is 23.3 Å². The summed E-state index contributed by atoms with van der Waals surface area (Å²) in [6, 6.07) is 10.2. The van der Waals surface area contributed by atoms with Gasteiger partial charge < -0.3 is 25.4 Å². The summed E-state index contributed by atoms with van der Waals surface area (Å²) in [5.41, 5.74) is 6.15. The van der Waals surface area contributed by atoms with Crippen LogP contribution in [0.5, 0.6) is 5.75 Å². The van der Waals surface area contributed by atoms with Crippen LogP contribution in [0.2, 0.25) is 0 Å². The fourth-order valence-corrected chi connectivity index (χ4v) is 2.59. The number of aromatic nitrogens is 1. The molecule has 0 bridgehead atoms. The largest absolute Gasteiger partial charge is 0.484 e. The molecule has 1 saturated heterocycles. The Hall–Kier alpha value is -3.13. The molecule has 1 aromatic carbocycles. The molecule has 2 amide bonds. The van der Waals surface area contributed by atoms with E-state index in [1.807, 2.05) is 4.90 Å². The standard InChI is InChI=1S/C18H20N4O4/c19-16(23)12-26-14-5-3-13(4-6-14)21-18(24)15-2-1-7-20-17(15)22-8-10-25-11-9-22/h1-7H,8-12H2,(H2,19,23)(H,21,24). The van der Waals surface area contributed by atoms with Gasteiger partial charge in [-0.15, -0.1) is 0 Å². The minimum absolute atomic E-state index is 0.190. The number of pyridine rings is 1. The van der Waals surface area contributed by atoms with Crippen LogP contribution in [0, 0.1) is 0 Å². The molecule has 0 spiro atoms. The molecule has 1 aliphatic heterocycles. The van der Waals surface area contributed by atoms with Gasteiger partial charge in [0.2, 0.25) is 0 Å². The molecular formula is C18H20N4O4. The van der Waals surface area contributed by atoms with E-state index >= 15 is 0 Å². The summed E-state index contributed by atoms with van der Waals surface area (Å²) in [7, 11) is 0. The number of benzene rings is 1. The van der Waals surface area contributed by atoms with Crippen LogP contribution in [0.25, 0.3) is 0 Å². The van der Waals surface area contributed by atoms with Crippen molar-refractivity contribution in [3.8, 4) is 5.75 Å². The number of primary amides is 1. The summed E-state index contributed by atoms with van der Waals surface area (Å²) in [6.45, 7) is 2.44. The maximum absolute atomic E-state index is 12.7. The van der Waals surface area contributed by atoms with E-state index < -0.39 is 5.91 Å². The highest BCUT2D eigenvalue weighted by atomic mass is 16.5. The second-order valence-electron chi connectivity index (χ2n) is 5.71. The highest BCUT2D eigenvalue weighted by molar-refractivity contribution is 6.07. The molecule has 3 N–H and O–H groups in total. The van der Waals surface area contributed by atoms with E-state index in [4.69, 9.17) is 15.2 Å². The summed E-state index contributed by atoms with van der Waals surface area (Å²) in [6.07, 6.45) is 1.67. The average Bonchev–Trinajstić information content (AvgIpc) is 2.68. The van der Waals surface area contributed by atoms with Gasteiger partial charge in [0.05, 0.1) is 18.8 Å². The Labute approximate surface area is 150 Å². The molecule has 136 valence electrons. The predicted octanol–water partition coefficient (Wildman–Crippen LogP) is 1.03. The van der Waals surface area contributed by atoms with E-state index in [1.165, 1.54) is 0 Å². The van der Waals surface area contributed by atoms with Crippen LogP contribution in [0.15, 0.2) is 42.6 Å². The lowest BCUT2D eigenvalue weighted by atomic mass is 10.2. The van der Waals surface area contributed by atoms with E-state index in [1.54, 1.807) is 42.6 Å². The lowest BCUT2D eigenvalue weighted by Gasteiger charge is -2.29. The molecular weight excluding hydrogens is 336 g/mol. The number of anilines is 2. The second kappa shape index (κ2) is 8.30. The Balaban J connectivity index is 1.69. The zero-order valence-corrected chi connectivity index (χ0v) is 14.2. The van der Waals surface area contributed by atoms with E-state index in [2.05, 4.69) is 10.3 Å². The first-order valence-electron chi connectivity index (χ1n) is 8.24. The van der Waals surface area contributed by atoms with Gasteiger partial charge in [-0.3, -0.25) is 9.59 Å². The lowest BCUT2D eigenvalue weighted by Crippen LogP contribution is -2.38. The summed E-state index contributed by atoms with van der Waals surface area (Å²) in [5, 5.41) is 2.85. The van der Waals surface area contributed by atoms with Gasteiger partial charge in [0.15, 0.2) is 6.61 Å². The highest BCUT2D eigenvalue weighted by Gasteiger charge is 2.19. The third kappa shape index (κ3) is 4.48. The molecule has 0 aliphatic carbocycles. The first kappa shape index (κ1) is 17.7. The summed E-state index contributed by atoms with van der Waals surface area (Å²) >= 11 is 0. The number of hydrogen-bond donors (Lipinski definition) is 2. The van der Waals surface area contributed by atoms with E-state index in [9.17, 15) is 9.59 Å². The molecule has 1 aliphatic rings. The van der Waals surface area contributed by atoms with Gasteiger partial charge >= 0.3 is 0 Å². The average molecular weight is 356 g/mol. The first-order valence-corrected chi connectivity index (χ1v) is 8.24. The molecule has 0 radical (unpaired) electrons. The zero-order valence-electron chi connectivity index (χ0n) is 14.2. The number of rotatable bonds is 6. The number of carbonyl (C=O) groups excluding carboxylic acids is 2. The van der Waals surface area contributed by atoms with Crippen LogP contribution in [0.1, 0.15) is 10.4 Å². The number of hydrogen-bond acceptors (Lipinski definition) is 6. The van der Waals surface area contributed by atoms with Gasteiger partial charge in [0, 0.05) is 25.0 Å². The van der Waals surface area contributed by atoms with E-state index in [0.29, 0.717) is 49.1 Å². The third-order valence-electron chi connectivity index (χ3n) is 3.84. The van der Waals surface area contributed by atoms with Crippen LogP contribution in [0.3, 0.4) is 0 Å². The minimum Gasteiger partial charge on any atom is -0.484 e. The Morgan fingerprint density at radius 3 is 2.62 bits per heavy atom. The number of amides is 2. The van der Waals surface area contributed by atoms with E-state index in [-0.39, 0.29) is 12.5 Å². The number of nitrogens with two attached hydrogens (primary N) is 1. The Kier molecular flexibility index (Phi) is 5.65. The van der Waals surface area contributed by atoms with Crippen molar-refractivity contribution in [1.82, 2.24) is 4.98 Å². The zero-order chi connectivity index (χ0) is 18.4. The number of morpholine rings is 1. The van der Waals surface area contributed by atoms with Crippen molar-refractivity contribution in [1.29, 1.82) is 0 Å². The smallest absolute Gasteiger partial charge is 0.259 e. The Morgan fingerprint density at radius 1 is 1.19 bits per heavy atom. The van der Waals surface area contributed by atoms with Gasteiger partial charge in [-0.05, 0) is 36.4 Å². The van der Waals surface area contributed by atoms with Crippen molar-refractivity contribution in [3.63, 3.8) is 0 Å². The number of ether oxygens (including phenoxy) is 2. The molecule has 26 heavy (non-hydrogen) atoms. The molecule has 1 fully saturated rings. The molecule has 1 aromatic heterocycles. The van der Waals surface area contributed by atoms with Crippen LogP contribution < -0.4 is 20.7 Å². The van der Waals surface area contributed by atoms with Crippen molar-refractivity contribution in [3.05, 3.63) is 48.2 Å². The molecule has 0 unspecified atom stereocenters. The predicted molar refractivity (Wildman–Crippen MR) is 96.4 cm³/mol. The van der Waals surface area contributed by atoms with Crippen molar-refractivity contribution in [2.75, 3.05) is 43.1 Å².